The molecule has 0 spiro atoms. The van der Waals surface area contributed by atoms with Crippen LogP contribution in [0.3, 0.4) is 0 Å². The lowest BCUT2D eigenvalue weighted by atomic mass is 10.1. The third-order valence-electron chi connectivity index (χ3n) is 3.91. The van der Waals surface area contributed by atoms with Gasteiger partial charge in [0.1, 0.15) is 5.82 Å². The van der Waals surface area contributed by atoms with Crippen molar-refractivity contribution in [2.45, 2.75) is 19.8 Å². The van der Waals surface area contributed by atoms with Gasteiger partial charge in [0.15, 0.2) is 0 Å². The highest BCUT2D eigenvalue weighted by Crippen LogP contribution is 2.17. The molecule has 27 heavy (non-hydrogen) atoms. The molecule has 2 amide bonds. The molecule has 142 valence electrons. The Kier molecular flexibility index (Phi) is 7.19. The predicted octanol–water partition coefficient (Wildman–Crippen LogP) is 2.96. The Hall–Kier alpha value is -3.06. The van der Waals surface area contributed by atoms with Gasteiger partial charge in [0, 0.05) is 36.5 Å². The monoisotopic (exact) mass is 371 g/mol. The van der Waals surface area contributed by atoms with Gasteiger partial charge in [-0.05, 0) is 42.8 Å². The van der Waals surface area contributed by atoms with E-state index in [0.717, 1.165) is 5.56 Å². The van der Waals surface area contributed by atoms with Gasteiger partial charge in [0.2, 0.25) is 11.8 Å². The number of rotatable bonds is 8. The molecule has 0 radical (unpaired) electrons. The van der Waals surface area contributed by atoms with E-state index in [1.165, 1.54) is 23.1 Å². The second kappa shape index (κ2) is 9.59. The van der Waals surface area contributed by atoms with Crippen LogP contribution in [-0.4, -0.2) is 35.8 Å². The maximum atomic E-state index is 13.4. The summed E-state index contributed by atoms with van der Waals surface area (Å²) in [5.41, 5.74) is 2.11. The van der Waals surface area contributed by atoms with Crippen molar-refractivity contribution in [2.24, 2.45) is 0 Å². The zero-order valence-corrected chi connectivity index (χ0v) is 15.0. The van der Waals surface area contributed by atoms with Gasteiger partial charge < -0.3 is 20.7 Å². The quantitative estimate of drug-likeness (QED) is 0.623. The summed E-state index contributed by atoms with van der Waals surface area (Å²) in [4.78, 5) is 25.7. The van der Waals surface area contributed by atoms with Gasteiger partial charge in [0.05, 0.1) is 6.61 Å². The van der Waals surface area contributed by atoms with Crippen LogP contribution in [0.2, 0.25) is 0 Å². The Balaban J connectivity index is 1.93. The molecule has 7 heteroatoms. The van der Waals surface area contributed by atoms with Gasteiger partial charge >= 0.3 is 0 Å². The van der Waals surface area contributed by atoms with Crippen molar-refractivity contribution in [2.75, 3.05) is 23.4 Å². The average molecular weight is 371 g/mol. The summed E-state index contributed by atoms with van der Waals surface area (Å²) in [5.74, 6) is -1.19. The number of aliphatic hydroxyl groups is 1. The van der Waals surface area contributed by atoms with Crippen molar-refractivity contribution in [3.05, 3.63) is 59.9 Å². The van der Waals surface area contributed by atoms with Crippen molar-refractivity contribution in [1.29, 1.82) is 5.41 Å². The molecule has 0 heterocycles. The van der Waals surface area contributed by atoms with E-state index in [2.05, 4.69) is 5.32 Å². The molecule has 2 aromatic rings. The van der Waals surface area contributed by atoms with Crippen LogP contribution in [0, 0.1) is 11.2 Å². The van der Waals surface area contributed by atoms with Crippen molar-refractivity contribution in [3.8, 4) is 0 Å². The Morgan fingerprint density at radius 1 is 1.15 bits per heavy atom. The number of benzene rings is 2. The van der Waals surface area contributed by atoms with E-state index < -0.39 is 5.82 Å². The SMILES string of the molecule is CC(=N)c1ccc(NC(=O)CCC(=O)N(CCO)c2cccc(F)c2)cc1. The molecule has 0 aliphatic rings. The maximum absolute atomic E-state index is 13.4. The van der Waals surface area contributed by atoms with Crippen molar-refractivity contribution in [3.63, 3.8) is 0 Å². The summed E-state index contributed by atoms with van der Waals surface area (Å²) < 4.78 is 13.4. The second-order valence-electron chi connectivity index (χ2n) is 6.00. The number of anilines is 2. The summed E-state index contributed by atoms with van der Waals surface area (Å²) >= 11 is 0. The van der Waals surface area contributed by atoms with E-state index in [-0.39, 0.29) is 37.8 Å². The van der Waals surface area contributed by atoms with Crippen LogP contribution in [-0.2, 0) is 9.59 Å². The third kappa shape index (κ3) is 6.00. The number of nitrogens with one attached hydrogen (secondary N) is 2. The van der Waals surface area contributed by atoms with Crippen LogP contribution in [0.25, 0.3) is 0 Å². The minimum Gasteiger partial charge on any atom is -0.395 e. The summed E-state index contributed by atoms with van der Waals surface area (Å²) in [6, 6.07) is 12.4. The molecule has 0 aliphatic carbocycles. The molecule has 3 N–H and O–H groups in total. The number of carbonyl (C=O) groups excluding carboxylic acids is 2. The fraction of sp³-hybridized carbons (Fsp3) is 0.250. The highest BCUT2D eigenvalue weighted by Gasteiger charge is 2.17. The van der Waals surface area contributed by atoms with Crippen LogP contribution >= 0.6 is 0 Å². The Bertz CT molecular complexity index is 821. The maximum Gasteiger partial charge on any atom is 0.227 e. The van der Waals surface area contributed by atoms with Crippen molar-refractivity contribution in [1.82, 2.24) is 0 Å². The summed E-state index contributed by atoms with van der Waals surface area (Å²) in [6.45, 7) is 1.43. The van der Waals surface area contributed by atoms with Crippen LogP contribution in [0.1, 0.15) is 25.3 Å². The molecule has 0 aliphatic heterocycles. The van der Waals surface area contributed by atoms with Gasteiger partial charge in [-0.1, -0.05) is 18.2 Å². The first-order valence-corrected chi connectivity index (χ1v) is 8.53. The fourth-order valence-electron chi connectivity index (χ4n) is 2.52. The topological polar surface area (TPSA) is 93.5 Å². The van der Waals surface area contributed by atoms with Crippen LogP contribution < -0.4 is 10.2 Å². The first kappa shape index (κ1) is 20.3. The zero-order valence-electron chi connectivity index (χ0n) is 15.0. The molecular formula is C20H22FN3O3. The summed E-state index contributed by atoms with van der Waals surface area (Å²) in [6.07, 6.45) is -0.110. The van der Waals surface area contributed by atoms with E-state index in [4.69, 9.17) is 10.5 Å². The lowest BCUT2D eigenvalue weighted by Crippen LogP contribution is -2.34. The lowest BCUT2D eigenvalue weighted by molar-refractivity contribution is -0.122. The van der Waals surface area contributed by atoms with Crippen LogP contribution in [0.5, 0.6) is 0 Å². The normalized spacial score (nSPS) is 10.3. The highest BCUT2D eigenvalue weighted by molar-refractivity contribution is 5.99. The number of carbonyl (C=O) groups is 2. The van der Waals surface area contributed by atoms with Crippen molar-refractivity contribution < 1.29 is 19.1 Å². The highest BCUT2D eigenvalue weighted by atomic mass is 19.1. The number of amides is 2. The van der Waals surface area contributed by atoms with E-state index >= 15 is 0 Å². The van der Waals surface area contributed by atoms with E-state index in [1.807, 2.05) is 0 Å². The summed E-state index contributed by atoms with van der Waals surface area (Å²) in [5, 5.41) is 19.4. The van der Waals surface area contributed by atoms with Gasteiger partial charge in [-0.3, -0.25) is 9.59 Å². The van der Waals surface area contributed by atoms with Gasteiger partial charge in [-0.25, -0.2) is 4.39 Å². The smallest absolute Gasteiger partial charge is 0.227 e. The molecule has 2 rings (SSSR count). The molecule has 2 aromatic carbocycles. The van der Waals surface area contributed by atoms with E-state index in [0.29, 0.717) is 17.1 Å². The molecular weight excluding hydrogens is 349 g/mol. The van der Waals surface area contributed by atoms with Gasteiger partial charge in [0.25, 0.3) is 0 Å². The summed E-state index contributed by atoms with van der Waals surface area (Å²) in [7, 11) is 0. The number of hydrogen-bond donors (Lipinski definition) is 3. The largest absolute Gasteiger partial charge is 0.395 e. The number of nitrogens with zero attached hydrogens (tertiary/aromatic N) is 1. The first-order chi connectivity index (χ1) is 12.9. The molecule has 0 saturated carbocycles. The molecule has 0 aromatic heterocycles. The first-order valence-electron chi connectivity index (χ1n) is 8.53. The van der Waals surface area contributed by atoms with Crippen LogP contribution in [0.15, 0.2) is 48.5 Å². The molecule has 0 bridgehead atoms. The molecule has 0 fully saturated rings. The van der Waals surface area contributed by atoms with Gasteiger partial charge in [-0.2, -0.15) is 0 Å². The van der Waals surface area contributed by atoms with Crippen molar-refractivity contribution >= 4 is 28.9 Å². The van der Waals surface area contributed by atoms with E-state index in [1.54, 1.807) is 37.3 Å². The van der Waals surface area contributed by atoms with E-state index in [9.17, 15) is 14.0 Å². The third-order valence-corrected chi connectivity index (χ3v) is 3.91. The molecule has 0 saturated heterocycles. The molecule has 6 nitrogen and oxygen atoms in total. The molecule has 0 unspecified atom stereocenters. The predicted molar refractivity (Wildman–Crippen MR) is 103 cm³/mol. The minimum absolute atomic E-state index is 0.0222. The second-order valence-corrected chi connectivity index (χ2v) is 6.00. The Labute approximate surface area is 157 Å². The Morgan fingerprint density at radius 3 is 2.44 bits per heavy atom. The number of aliphatic hydroxyl groups excluding tert-OH is 1. The average Bonchev–Trinajstić information content (AvgIpc) is 2.64. The number of halogens is 1. The van der Waals surface area contributed by atoms with Gasteiger partial charge in [-0.15, -0.1) is 0 Å². The standard InChI is InChI=1S/C20H22FN3O3/c1-14(22)15-5-7-17(8-6-15)23-19(26)9-10-20(27)24(11-12-25)18-4-2-3-16(21)13-18/h2-8,13,22,25H,9-12H2,1H3,(H,23,26). The fourth-order valence-corrected chi connectivity index (χ4v) is 2.52. The van der Waals surface area contributed by atoms with Crippen LogP contribution in [0.4, 0.5) is 15.8 Å². The Morgan fingerprint density at radius 2 is 1.85 bits per heavy atom. The zero-order chi connectivity index (χ0) is 19.8. The molecule has 0 atom stereocenters. The lowest BCUT2D eigenvalue weighted by Gasteiger charge is -2.22. The number of hydrogen-bond acceptors (Lipinski definition) is 4. The minimum atomic E-state index is -0.482.